The number of fused-ring (bicyclic) bond motifs is 2. The van der Waals surface area contributed by atoms with E-state index in [4.69, 9.17) is 20.8 Å². The van der Waals surface area contributed by atoms with Gasteiger partial charge in [0, 0.05) is 15.8 Å². The van der Waals surface area contributed by atoms with Crippen molar-refractivity contribution in [2.75, 3.05) is 6.26 Å². The van der Waals surface area contributed by atoms with Gasteiger partial charge in [0.2, 0.25) is 0 Å². The molecule has 0 bridgehead atoms. The summed E-state index contributed by atoms with van der Waals surface area (Å²) in [4.78, 5) is 9.40. The third-order valence-electron chi connectivity index (χ3n) is 12.0. The van der Waals surface area contributed by atoms with Gasteiger partial charge < -0.3 is 15.3 Å². The zero-order valence-electron chi connectivity index (χ0n) is 42.6. The summed E-state index contributed by atoms with van der Waals surface area (Å²) in [6.45, 7) is 13.1. The molecule has 3 N–H and O–H groups in total. The number of nitrogens with zero attached hydrogens (tertiary/aromatic N) is 2. The van der Waals surface area contributed by atoms with Crippen LogP contribution in [-0.2, 0) is 38.3 Å². The molecular weight excluding hydrogens is 936 g/mol. The molecule has 8 rings (SSSR count). The summed E-state index contributed by atoms with van der Waals surface area (Å²) in [5, 5.41) is 34.6. The van der Waals surface area contributed by atoms with Gasteiger partial charge in [-0.3, -0.25) is 4.18 Å². The van der Waals surface area contributed by atoms with E-state index in [1.165, 1.54) is 0 Å². The summed E-state index contributed by atoms with van der Waals surface area (Å²) < 4.78 is 29.7. The first-order valence-corrected chi connectivity index (χ1v) is 26.6. The van der Waals surface area contributed by atoms with Gasteiger partial charge in [-0.2, -0.15) is 8.42 Å². The average Bonchev–Trinajstić information content (AvgIpc) is 3.35. The Labute approximate surface area is 431 Å². The van der Waals surface area contributed by atoms with Crippen LogP contribution in [0, 0.1) is 6.92 Å². The molecular formula is C62H67ClN2O6S. The van der Waals surface area contributed by atoms with Crippen LogP contribution in [0.3, 0.4) is 0 Å². The molecule has 8 nitrogen and oxygen atoms in total. The molecule has 2 heterocycles. The molecule has 0 aliphatic carbocycles. The molecule has 10 heteroatoms. The van der Waals surface area contributed by atoms with E-state index in [0.717, 1.165) is 89.5 Å². The second-order valence-electron chi connectivity index (χ2n) is 18.8. The fraction of sp³-hybridized carbons (Fsp3) is 0.258. The second kappa shape index (κ2) is 24.9. The molecule has 0 saturated heterocycles. The molecule has 0 saturated carbocycles. The van der Waals surface area contributed by atoms with E-state index in [-0.39, 0.29) is 0 Å². The summed E-state index contributed by atoms with van der Waals surface area (Å²) in [5.74, 6) is 0. The molecule has 0 aliphatic rings. The third-order valence-corrected chi connectivity index (χ3v) is 12.8. The maximum atomic E-state index is 12.1. The number of aliphatic hydroxyl groups excluding tert-OH is 1. The van der Waals surface area contributed by atoms with Crippen molar-refractivity contribution in [2.45, 2.75) is 97.6 Å². The number of aliphatic hydroxyl groups is 3. The monoisotopic (exact) mass is 1000 g/mol. The molecule has 374 valence electrons. The van der Waals surface area contributed by atoms with Crippen molar-refractivity contribution >= 4 is 67.8 Å². The molecule has 0 amide bonds. The van der Waals surface area contributed by atoms with Gasteiger partial charge in [0.25, 0.3) is 10.1 Å². The highest BCUT2D eigenvalue weighted by Crippen LogP contribution is 2.31. The fourth-order valence-electron chi connectivity index (χ4n) is 8.53. The van der Waals surface area contributed by atoms with E-state index in [2.05, 4.69) is 29.2 Å². The number of rotatable bonds is 16. The van der Waals surface area contributed by atoms with Gasteiger partial charge in [0.1, 0.15) is 6.10 Å². The first-order valence-electron chi connectivity index (χ1n) is 24.4. The highest BCUT2D eigenvalue weighted by atomic mass is 35.5. The van der Waals surface area contributed by atoms with Crippen LogP contribution in [0.4, 0.5) is 0 Å². The molecule has 0 fully saturated rings. The number of aryl methyl sites for hydroxylation is 3. The van der Waals surface area contributed by atoms with Crippen molar-refractivity contribution in [2.24, 2.45) is 0 Å². The second-order valence-corrected chi connectivity index (χ2v) is 20.9. The van der Waals surface area contributed by atoms with Crippen LogP contribution in [0.15, 0.2) is 158 Å². The highest BCUT2D eigenvalue weighted by molar-refractivity contribution is 7.86. The first kappa shape index (κ1) is 55.0. The van der Waals surface area contributed by atoms with Crippen molar-refractivity contribution in [1.82, 2.24) is 9.97 Å². The summed E-state index contributed by atoms with van der Waals surface area (Å²) >= 11 is 6.09. The predicted molar refractivity (Wildman–Crippen MR) is 299 cm³/mol. The van der Waals surface area contributed by atoms with Crippen LogP contribution >= 0.6 is 11.6 Å². The van der Waals surface area contributed by atoms with Crippen LogP contribution in [0.2, 0.25) is 5.02 Å². The lowest BCUT2D eigenvalue weighted by Gasteiger charge is -2.23. The lowest BCUT2D eigenvalue weighted by molar-refractivity contribution is 0.0767. The van der Waals surface area contributed by atoms with Crippen LogP contribution in [-0.4, -0.2) is 40.0 Å². The number of aromatic nitrogens is 2. The van der Waals surface area contributed by atoms with Crippen molar-refractivity contribution < 1.29 is 27.9 Å². The number of hydrogen-bond donors (Lipinski definition) is 3. The minimum Gasteiger partial charge on any atom is -0.388 e. The summed E-state index contributed by atoms with van der Waals surface area (Å²) in [6.07, 6.45) is 9.97. The van der Waals surface area contributed by atoms with Gasteiger partial charge >= 0.3 is 0 Å². The largest absolute Gasteiger partial charge is 0.388 e. The molecule has 0 radical (unpaired) electrons. The highest BCUT2D eigenvalue weighted by Gasteiger charge is 2.23. The Morgan fingerprint density at radius 3 is 1.60 bits per heavy atom. The number of halogens is 1. The van der Waals surface area contributed by atoms with Gasteiger partial charge in [-0.1, -0.05) is 153 Å². The summed E-state index contributed by atoms with van der Waals surface area (Å²) in [6, 6.07) is 51.1. The topological polar surface area (TPSA) is 130 Å². The normalized spacial score (nSPS) is 12.9. The van der Waals surface area contributed by atoms with Crippen molar-refractivity contribution in [3.63, 3.8) is 0 Å². The van der Waals surface area contributed by atoms with Gasteiger partial charge in [-0.15, -0.1) is 0 Å². The van der Waals surface area contributed by atoms with Crippen LogP contribution in [0.1, 0.15) is 128 Å². The lowest BCUT2D eigenvalue weighted by Crippen LogP contribution is -2.18. The van der Waals surface area contributed by atoms with Crippen LogP contribution in [0.25, 0.3) is 46.1 Å². The molecule has 6 aromatic carbocycles. The maximum absolute atomic E-state index is 12.1. The van der Waals surface area contributed by atoms with E-state index in [1.54, 1.807) is 27.7 Å². The smallest absolute Gasteiger partial charge is 0.264 e. The van der Waals surface area contributed by atoms with Gasteiger partial charge in [-0.05, 0) is 165 Å². The van der Waals surface area contributed by atoms with Gasteiger partial charge in [-0.25, -0.2) is 9.97 Å². The Kier molecular flexibility index (Phi) is 19.0. The molecule has 72 heavy (non-hydrogen) atoms. The first-order chi connectivity index (χ1) is 34.3. The molecule has 2 atom stereocenters. The van der Waals surface area contributed by atoms with Gasteiger partial charge in [0.15, 0.2) is 0 Å². The number of pyridine rings is 2. The average molecular weight is 1000 g/mol. The van der Waals surface area contributed by atoms with Crippen molar-refractivity contribution in [3.8, 4) is 0 Å². The van der Waals surface area contributed by atoms with Crippen LogP contribution < -0.4 is 0 Å². The molecule has 0 spiro atoms. The van der Waals surface area contributed by atoms with E-state index < -0.39 is 33.5 Å². The zero-order chi connectivity index (χ0) is 52.1. The molecule has 8 aromatic rings. The van der Waals surface area contributed by atoms with Gasteiger partial charge in [0.05, 0.1) is 46.0 Å². The Morgan fingerprint density at radius 1 is 0.583 bits per heavy atom. The quantitative estimate of drug-likeness (QED) is 0.0816. The summed E-state index contributed by atoms with van der Waals surface area (Å²) in [7, 11) is -3.68. The fourth-order valence-corrected chi connectivity index (χ4v) is 9.32. The van der Waals surface area contributed by atoms with E-state index in [9.17, 15) is 23.7 Å². The predicted octanol–water partition coefficient (Wildman–Crippen LogP) is 14.6. The maximum Gasteiger partial charge on any atom is 0.264 e. The van der Waals surface area contributed by atoms with E-state index in [0.29, 0.717) is 30.7 Å². The Balaban J connectivity index is 0.000000229. The minimum atomic E-state index is -3.68. The van der Waals surface area contributed by atoms with E-state index in [1.807, 2.05) is 179 Å². The van der Waals surface area contributed by atoms with E-state index >= 15 is 0 Å². The standard InChI is InChI=1S/C31H33NO4S.C29H28ClNO2.C2H6/c1-22-12-14-25-15-18-27(32-29(25)20-22)17-13-23-8-7-10-26(21-23)30(36-37(4,34)35)19-16-24-9-5-6-11-28(24)31(2,3)33;1-29(2,33)26-9-4-3-7-21(26)13-17-28(32)23-8-5-6-20(18-23)10-15-25-16-12-22-11-14-24(30)19-27(22)31-25;1-2/h5-15,17-18,20-21,30,33H,16,19H2,1-4H3;3-12,14-16,18-19,28,32-33H,13,17H2,1-2H3;1-2H3/b17-13+;15-10+;. The Hall–Kier alpha value is -6.30. The molecule has 0 aliphatic heterocycles. The zero-order valence-corrected chi connectivity index (χ0v) is 44.1. The molecule has 2 unspecified atom stereocenters. The van der Waals surface area contributed by atoms with Crippen molar-refractivity contribution in [3.05, 3.63) is 224 Å². The summed E-state index contributed by atoms with van der Waals surface area (Å²) in [5.41, 5.74) is 10.1. The Morgan fingerprint density at radius 2 is 1.06 bits per heavy atom. The number of benzene rings is 6. The minimum absolute atomic E-state index is 0.443. The van der Waals surface area contributed by atoms with Crippen molar-refractivity contribution in [1.29, 1.82) is 0 Å². The number of hydrogen-bond acceptors (Lipinski definition) is 8. The Bertz CT molecular complexity index is 3260. The van der Waals surface area contributed by atoms with Crippen LogP contribution in [0.5, 0.6) is 0 Å². The third kappa shape index (κ3) is 16.1. The molecule has 2 aromatic heterocycles. The SMILES string of the molecule is CC.CC(C)(O)c1ccccc1CCC(O)c1cccc(/C=C/c2ccc3ccc(Cl)cc3n2)c1.Cc1ccc2ccc(/C=C/c3cccc(C(CCc4ccccc4C(C)(C)O)OS(C)(=O)=O)c3)nc2c1. The lowest BCUT2D eigenvalue weighted by atomic mass is 9.90.